The van der Waals surface area contributed by atoms with Crippen molar-refractivity contribution in [2.75, 3.05) is 0 Å². The van der Waals surface area contributed by atoms with Crippen molar-refractivity contribution >= 4 is 11.9 Å². The van der Waals surface area contributed by atoms with Crippen LogP contribution >= 0.6 is 0 Å². The molecule has 8 heteroatoms. The smallest absolute Gasteiger partial charge is 0.327 e. The molecule has 0 aromatic carbocycles. The molecule has 1 unspecified atom stereocenters. The van der Waals surface area contributed by atoms with Gasteiger partial charge in [0, 0.05) is 13.0 Å². The van der Waals surface area contributed by atoms with Crippen molar-refractivity contribution in [1.29, 1.82) is 0 Å². The molecule has 18 heavy (non-hydrogen) atoms. The number of terminal acetylenes is 1. The number of carboxylic acids is 1. The van der Waals surface area contributed by atoms with Gasteiger partial charge in [-0.15, -0.1) is 17.4 Å². The van der Waals surface area contributed by atoms with Crippen molar-refractivity contribution in [3.8, 4) is 12.3 Å². The fraction of sp³-hybridized carbons (Fsp3) is 0.400. The molecule has 1 aromatic heterocycles. The molecule has 0 saturated heterocycles. The van der Waals surface area contributed by atoms with Crippen molar-refractivity contribution in [2.24, 2.45) is 5.73 Å². The summed E-state index contributed by atoms with van der Waals surface area (Å²) in [6.45, 7) is 0.0812. The summed E-state index contributed by atoms with van der Waals surface area (Å²) in [6.07, 6.45) is 6.44. The van der Waals surface area contributed by atoms with E-state index in [9.17, 15) is 9.59 Å². The fourth-order valence-corrected chi connectivity index (χ4v) is 1.21. The third-order valence-corrected chi connectivity index (χ3v) is 2.06. The quantitative estimate of drug-likeness (QED) is 0.519. The van der Waals surface area contributed by atoms with E-state index in [4.69, 9.17) is 17.3 Å². The SMILES string of the molecule is C#CCC(NC(=O)Cn1cc(CN)nn1)C(=O)O. The lowest BCUT2D eigenvalue weighted by Crippen LogP contribution is -2.42. The van der Waals surface area contributed by atoms with E-state index in [0.29, 0.717) is 5.69 Å². The number of aromatic nitrogens is 3. The molecular weight excluding hydrogens is 238 g/mol. The van der Waals surface area contributed by atoms with Gasteiger partial charge in [0.05, 0.1) is 11.9 Å². The highest BCUT2D eigenvalue weighted by Gasteiger charge is 2.18. The Balaban J connectivity index is 2.55. The van der Waals surface area contributed by atoms with E-state index in [1.807, 2.05) is 0 Å². The van der Waals surface area contributed by atoms with Crippen molar-refractivity contribution in [3.05, 3.63) is 11.9 Å². The number of hydrogen-bond acceptors (Lipinski definition) is 5. The molecule has 8 nitrogen and oxygen atoms in total. The maximum atomic E-state index is 11.5. The van der Waals surface area contributed by atoms with Crippen molar-refractivity contribution < 1.29 is 14.7 Å². The van der Waals surface area contributed by atoms with Gasteiger partial charge in [-0.3, -0.25) is 4.79 Å². The summed E-state index contributed by atoms with van der Waals surface area (Å²) >= 11 is 0. The molecule has 0 fully saturated rings. The van der Waals surface area contributed by atoms with Crippen LogP contribution in [0.15, 0.2) is 6.20 Å². The standard InChI is InChI=1S/C10H13N5O3/c1-2-3-8(10(17)18)12-9(16)6-15-5-7(4-11)13-14-15/h1,5,8H,3-4,6,11H2,(H,12,16)(H,17,18). The molecule has 4 N–H and O–H groups in total. The van der Waals surface area contributed by atoms with Gasteiger partial charge in [-0.2, -0.15) is 0 Å². The van der Waals surface area contributed by atoms with Crippen LogP contribution in [0, 0.1) is 12.3 Å². The number of hydrogen-bond donors (Lipinski definition) is 3. The van der Waals surface area contributed by atoms with Gasteiger partial charge >= 0.3 is 5.97 Å². The fourth-order valence-electron chi connectivity index (χ4n) is 1.21. The van der Waals surface area contributed by atoms with Crippen molar-refractivity contribution in [3.63, 3.8) is 0 Å². The zero-order chi connectivity index (χ0) is 13.5. The molecule has 1 atom stereocenters. The maximum Gasteiger partial charge on any atom is 0.327 e. The Morgan fingerprint density at radius 3 is 2.89 bits per heavy atom. The lowest BCUT2D eigenvalue weighted by molar-refractivity contribution is -0.141. The number of nitrogens with zero attached hydrogens (tertiary/aromatic N) is 3. The number of nitrogens with one attached hydrogen (secondary N) is 1. The van der Waals surface area contributed by atoms with Crippen LogP contribution in [0.1, 0.15) is 12.1 Å². The average Bonchev–Trinajstić information content (AvgIpc) is 2.76. The van der Waals surface area contributed by atoms with E-state index >= 15 is 0 Å². The molecule has 0 aliphatic carbocycles. The van der Waals surface area contributed by atoms with Crippen LogP contribution in [0.3, 0.4) is 0 Å². The third-order valence-electron chi connectivity index (χ3n) is 2.06. The van der Waals surface area contributed by atoms with E-state index in [2.05, 4.69) is 21.5 Å². The molecule has 0 aliphatic heterocycles. The van der Waals surface area contributed by atoms with Gasteiger partial charge in [-0.25, -0.2) is 9.48 Å². The zero-order valence-electron chi connectivity index (χ0n) is 9.54. The topological polar surface area (TPSA) is 123 Å². The minimum absolute atomic E-state index is 0.0769. The van der Waals surface area contributed by atoms with Gasteiger partial charge in [0.2, 0.25) is 5.91 Å². The highest BCUT2D eigenvalue weighted by atomic mass is 16.4. The number of amides is 1. The van der Waals surface area contributed by atoms with Crippen LogP contribution in [-0.2, 0) is 22.7 Å². The Bertz CT molecular complexity index is 476. The van der Waals surface area contributed by atoms with Gasteiger partial charge in [0.15, 0.2) is 0 Å². The first-order valence-corrected chi connectivity index (χ1v) is 5.11. The second-order valence-electron chi connectivity index (χ2n) is 3.48. The Kier molecular flexibility index (Phi) is 4.83. The van der Waals surface area contributed by atoms with Crippen LogP contribution in [0.25, 0.3) is 0 Å². The second-order valence-corrected chi connectivity index (χ2v) is 3.48. The Labute approximate surface area is 103 Å². The molecule has 1 aromatic rings. The van der Waals surface area contributed by atoms with E-state index in [1.54, 1.807) is 0 Å². The summed E-state index contributed by atoms with van der Waals surface area (Å²) < 4.78 is 1.27. The van der Waals surface area contributed by atoms with E-state index in [1.165, 1.54) is 10.9 Å². The Morgan fingerprint density at radius 2 is 2.39 bits per heavy atom. The number of rotatable bonds is 6. The van der Waals surface area contributed by atoms with E-state index in [-0.39, 0.29) is 19.5 Å². The highest BCUT2D eigenvalue weighted by molar-refractivity contribution is 5.83. The van der Waals surface area contributed by atoms with E-state index < -0.39 is 17.9 Å². The van der Waals surface area contributed by atoms with Gasteiger partial charge < -0.3 is 16.2 Å². The summed E-state index contributed by atoms with van der Waals surface area (Å²) in [5.41, 5.74) is 5.88. The number of carbonyl (C=O) groups excluding carboxylic acids is 1. The molecule has 0 saturated carbocycles. The molecule has 96 valence electrons. The molecule has 0 spiro atoms. The Hall–Kier alpha value is -2.40. The lowest BCUT2D eigenvalue weighted by Gasteiger charge is -2.11. The van der Waals surface area contributed by atoms with Crippen LogP contribution in [0.2, 0.25) is 0 Å². The summed E-state index contributed by atoms with van der Waals surface area (Å²) in [7, 11) is 0. The summed E-state index contributed by atoms with van der Waals surface area (Å²) in [5, 5.41) is 18.5. The molecule has 0 aliphatic rings. The largest absolute Gasteiger partial charge is 0.480 e. The molecule has 0 radical (unpaired) electrons. The van der Waals surface area contributed by atoms with Gasteiger partial charge in [0.25, 0.3) is 0 Å². The predicted molar refractivity (Wildman–Crippen MR) is 60.9 cm³/mol. The number of carbonyl (C=O) groups is 2. The molecule has 1 heterocycles. The number of aliphatic carboxylic acids is 1. The molecule has 0 bridgehead atoms. The normalized spacial score (nSPS) is 11.6. The van der Waals surface area contributed by atoms with E-state index in [0.717, 1.165) is 0 Å². The van der Waals surface area contributed by atoms with Crippen LogP contribution in [0.4, 0.5) is 0 Å². The van der Waals surface area contributed by atoms with Crippen LogP contribution < -0.4 is 11.1 Å². The van der Waals surface area contributed by atoms with Gasteiger partial charge in [0.1, 0.15) is 12.6 Å². The first-order chi connectivity index (χ1) is 8.56. The predicted octanol–water partition coefficient (Wildman–Crippen LogP) is -1.67. The third kappa shape index (κ3) is 3.88. The lowest BCUT2D eigenvalue weighted by atomic mass is 10.2. The Morgan fingerprint density at radius 1 is 1.67 bits per heavy atom. The highest BCUT2D eigenvalue weighted by Crippen LogP contribution is 1.94. The number of nitrogens with two attached hydrogens (primary N) is 1. The maximum absolute atomic E-state index is 11.5. The first-order valence-electron chi connectivity index (χ1n) is 5.11. The first kappa shape index (κ1) is 13.7. The van der Waals surface area contributed by atoms with Crippen molar-refractivity contribution in [1.82, 2.24) is 20.3 Å². The second kappa shape index (κ2) is 6.36. The van der Waals surface area contributed by atoms with Gasteiger partial charge in [-0.05, 0) is 0 Å². The summed E-state index contributed by atoms with van der Waals surface area (Å²) in [6, 6.07) is -1.10. The van der Waals surface area contributed by atoms with Gasteiger partial charge in [-0.1, -0.05) is 5.21 Å². The van der Waals surface area contributed by atoms with Crippen LogP contribution in [0.5, 0.6) is 0 Å². The minimum Gasteiger partial charge on any atom is -0.480 e. The van der Waals surface area contributed by atoms with Crippen LogP contribution in [-0.4, -0.2) is 38.0 Å². The zero-order valence-corrected chi connectivity index (χ0v) is 9.54. The van der Waals surface area contributed by atoms with Crippen molar-refractivity contribution in [2.45, 2.75) is 25.6 Å². The molecule has 1 rings (SSSR count). The molecule has 1 amide bonds. The minimum atomic E-state index is -1.18. The average molecular weight is 251 g/mol. The monoisotopic (exact) mass is 251 g/mol. The number of carboxylic acid groups (broad SMARTS) is 1. The summed E-state index contributed by atoms with van der Waals surface area (Å²) in [5.74, 6) is 0.498. The summed E-state index contributed by atoms with van der Waals surface area (Å²) in [4.78, 5) is 22.3. The molecular formula is C10H13N5O3.